The maximum Gasteiger partial charge on any atom is 0.270 e. The van der Waals surface area contributed by atoms with Crippen molar-refractivity contribution in [2.24, 2.45) is 0 Å². The monoisotopic (exact) mass is 251 g/mol. The van der Waals surface area contributed by atoms with Crippen molar-refractivity contribution in [1.29, 1.82) is 0 Å². The fourth-order valence-electron chi connectivity index (χ4n) is 1.58. The molecule has 0 unspecified atom stereocenters. The number of carbonyl (C=O) groups is 1. The summed E-state index contributed by atoms with van der Waals surface area (Å²) in [5.74, 6) is 0.330. The number of benzene rings is 1. The lowest BCUT2D eigenvalue weighted by molar-refractivity contribution is -0.384. The first kappa shape index (κ1) is 14.2. The number of non-ortho nitro benzene ring substituents is 1. The molecule has 0 saturated heterocycles. The fraction of sp³-hybridized carbons (Fsp3) is 0.462. The molecule has 1 aromatic carbocycles. The van der Waals surface area contributed by atoms with Crippen LogP contribution < -0.4 is 4.74 Å². The number of nitro benzene ring substituents is 1. The lowest BCUT2D eigenvalue weighted by atomic mass is 10.0. The molecule has 0 aliphatic carbocycles. The Labute approximate surface area is 106 Å². The topological polar surface area (TPSA) is 69.4 Å². The van der Waals surface area contributed by atoms with Crippen molar-refractivity contribution in [1.82, 2.24) is 0 Å². The van der Waals surface area contributed by atoms with Crippen LogP contribution in [0.2, 0.25) is 0 Å². The number of fused-ring (bicyclic) bond motifs is 1. The van der Waals surface area contributed by atoms with E-state index in [2.05, 4.69) is 13.8 Å². The average Bonchev–Trinajstić information content (AvgIpc) is 2.29. The molecule has 0 spiro atoms. The van der Waals surface area contributed by atoms with Crippen molar-refractivity contribution in [3.05, 3.63) is 33.9 Å². The van der Waals surface area contributed by atoms with E-state index >= 15 is 0 Å². The van der Waals surface area contributed by atoms with Gasteiger partial charge in [-0.3, -0.25) is 14.9 Å². The first-order chi connectivity index (χ1) is 8.49. The van der Waals surface area contributed by atoms with Gasteiger partial charge in [-0.05, 0) is 13.0 Å². The summed E-state index contributed by atoms with van der Waals surface area (Å²) in [6, 6.07) is 4.08. The maximum atomic E-state index is 11.6. The molecular formula is C13H17NO4. The molecule has 1 aliphatic rings. The van der Waals surface area contributed by atoms with E-state index in [0.29, 0.717) is 11.3 Å². The van der Waals surface area contributed by atoms with Gasteiger partial charge in [-0.1, -0.05) is 20.3 Å². The zero-order chi connectivity index (χ0) is 13.7. The number of ether oxygens (including phenoxy) is 1. The van der Waals surface area contributed by atoms with E-state index in [-0.39, 0.29) is 24.0 Å². The van der Waals surface area contributed by atoms with Crippen LogP contribution in [0.1, 0.15) is 44.0 Å². The van der Waals surface area contributed by atoms with E-state index in [1.807, 2.05) is 0 Å². The summed E-state index contributed by atoms with van der Waals surface area (Å²) in [5, 5.41) is 10.5. The molecule has 0 fully saturated rings. The molecule has 1 atom stereocenters. The molecule has 1 aliphatic heterocycles. The highest BCUT2D eigenvalue weighted by molar-refractivity contribution is 6.00. The lowest BCUT2D eigenvalue weighted by Gasteiger charge is -2.21. The van der Waals surface area contributed by atoms with Crippen LogP contribution in [0.25, 0.3) is 0 Å². The average molecular weight is 251 g/mol. The molecule has 0 radical (unpaired) electrons. The van der Waals surface area contributed by atoms with Crippen LogP contribution in [0.3, 0.4) is 0 Å². The van der Waals surface area contributed by atoms with Gasteiger partial charge in [-0.2, -0.15) is 0 Å². The van der Waals surface area contributed by atoms with Crippen molar-refractivity contribution >= 4 is 11.5 Å². The largest absolute Gasteiger partial charge is 0.489 e. The summed E-state index contributed by atoms with van der Waals surface area (Å²) < 4.78 is 5.39. The minimum atomic E-state index is -0.522. The summed E-state index contributed by atoms with van der Waals surface area (Å²) in [6.45, 7) is 6.04. The third kappa shape index (κ3) is 3.29. The summed E-state index contributed by atoms with van der Waals surface area (Å²) in [7, 11) is 0. The smallest absolute Gasteiger partial charge is 0.270 e. The normalized spacial score (nSPS) is 17.1. The van der Waals surface area contributed by atoms with Gasteiger partial charge >= 0.3 is 0 Å². The van der Waals surface area contributed by atoms with Crippen molar-refractivity contribution < 1.29 is 14.5 Å². The zero-order valence-corrected chi connectivity index (χ0v) is 10.8. The molecule has 1 heterocycles. The molecule has 5 nitrogen and oxygen atoms in total. The van der Waals surface area contributed by atoms with Crippen molar-refractivity contribution in [2.75, 3.05) is 0 Å². The summed E-state index contributed by atoms with van der Waals surface area (Å²) in [5.41, 5.74) is 0.225. The Morgan fingerprint density at radius 3 is 2.61 bits per heavy atom. The second-order valence-corrected chi connectivity index (χ2v) is 4.20. The molecule has 2 rings (SSSR count). The van der Waals surface area contributed by atoms with Gasteiger partial charge in [0.1, 0.15) is 11.9 Å². The minimum Gasteiger partial charge on any atom is -0.489 e. The van der Waals surface area contributed by atoms with Gasteiger partial charge in [0.15, 0.2) is 5.78 Å². The van der Waals surface area contributed by atoms with Gasteiger partial charge in [-0.25, -0.2) is 0 Å². The molecule has 0 saturated carbocycles. The predicted molar refractivity (Wildman–Crippen MR) is 68.1 cm³/mol. The van der Waals surface area contributed by atoms with Gasteiger partial charge < -0.3 is 4.74 Å². The highest BCUT2D eigenvalue weighted by Gasteiger charge is 2.25. The van der Waals surface area contributed by atoms with Crippen LogP contribution in [0, 0.1) is 10.1 Å². The molecule has 5 heteroatoms. The number of carbonyl (C=O) groups excluding carboxylic acids is 1. The van der Waals surface area contributed by atoms with E-state index in [1.54, 1.807) is 6.92 Å². The third-order valence-electron chi connectivity index (χ3n) is 2.28. The molecule has 98 valence electrons. The zero-order valence-electron chi connectivity index (χ0n) is 10.8. The molecule has 0 amide bonds. The van der Waals surface area contributed by atoms with Gasteiger partial charge in [-0.15, -0.1) is 0 Å². The Hall–Kier alpha value is -1.91. The number of hydrogen-bond acceptors (Lipinski definition) is 4. The van der Waals surface area contributed by atoms with Gasteiger partial charge in [0.2, 0.25) is 0 Å². The van der Waals surface area contributed by atoms with E-state index in [4.69, 9.17) is 4.74 Å². The predicted octanol–water partition coefficient (Wildman–Crippen LogP) is 3.36. The van der Waals surface area contributed by atoms with Crippen molar-refractivity contribution in [2.45, 2.75) is 39.7 Å². The van der Waals surface area contributed by atoms with Crippen LogP contribution in [-0.2, 0) is 0 Å². The standard InChI is InChI=1S/C10H9NO4.C3H8/c1-6-4-9(12)8-5-7(11(13)14)2-3-10(8)15-6;1-3-2/h2-3,5-6H,4H2,1H3;3H2,1-2H3/t6-;/m1./s1. The second-order valence-electron chi connectivity index (χ2n) is 4.20. The van der Waals surface area contributed by atoms with E-state index in [1.165, 1.54) is 24.6 Å². The summed E-state index contributed by atoms with van der Waals surface area (Å²) in [4.78, 5) is 21.6. The summed E-state index contributed by atoms with van der Waals surface area (Å²) in [6.07, 6.45) is 1.36. The molecule has 0 N–H and O–H groups in total. The quantitative estimate of drug-likeness (QED) is 0.566. The first-order valence-electron chi connectivity index (χ1n) is 5.97. The van der Waals surface area contributed by atoms with E-state index in [0.717, 1.165) is 0 Å². The molecular weight excluding hydrogens is 234 g/mol. The Kier molecular flexibility index (Phi) is 4.83. The number of Topliss-reactive ketones (excluding diaryl/α,β-unsaturated/α-hetero) is 1. The number of nitrogens with zero attached hydrogens (tertiary/aromatic N) is 1. The van der Waals surface area contributed by atoms with E-state index < -0.39 is 4.92 Å². The van der Waals surface area contributed by atoms with Crippen molar-refractivity contribution in [3.8, 4) is 5.75 Å². The Morgan fingerprint density at radius 2 is 2.06 bits per heavy atom. The molecule has 1 aromatic rings. The highest BCUT2D eigenvalue weighted by Crippen LogP contribution is 2.30. The number of rotatable bonds is 1. The number of ketones is 1. The van der Waals surface area contributed by atoms with E-state index in [9.17, 15) is 14.9 Å². The molecule has 18 heavy (non-hydrogen) atoms. The Morgan fingerprint density at radius 1 is 1.44 bits per heavy atom. The van der Waals surface area contributed by atoms with Crippen LogP contribution >= 0.6 is 0 Å². The molecule has 0 aromatic heterocycles. The minimum absolute atomic E-state index is 0.0831. The van der Waals surface area contributed by atoms with Crippen molar-refractivity contribution in [3.63, 3.8) is 0 Å². The van der Waals surface area contributed by atoms with Crippen LogP contribution in [0.15, 0.2) is 18.2 Å². The Bertz CT molecular complexity index is 456. The lowest BCUT2D eigenvalue weighted by Crippen LogP contribution is -2.23. The fourth-order valence-corrected chi connectivity index (χ4v) is 1.58. The second kappa shape index (κ2) is 6.14. The van der Waals surface area contributed by atoms with Crippen LogP contribution in [-0.4, -0.2) is 16.8 Å². The Balaban J connectivity index is 0.000000492. The number of hydrogen-bond donors (Lipinski definition) is 0. The van der Waals surface area contributed by atoms with Gasteiger partial charge in [0.05, 0.1) is 10.5 Å². The van der Waals surface area contributed by atoms with Crippen LogP contribution in [0.4, 0.5) is 5.69 Å². The first-order valence-corrected chi connectivity index (χ1v) is 5.97. The molecule has 0 bridgehead atoms. The van der Waals surface area contributed by atoms with Crippen LogP contribution in [0.5, 0.6) is 5.75 Å². The van der Waals surface area contributed by atoms with Gasteiger partial charge in [0.25, 0.3) is 5.69 Å². The third-order valence-corrected chi connectivity index (χ3v) is 2.28. The number of nitro groups is 1. The highest BCUT2D eigenvalue weighted by atomic mass is 16.6. The van der Waals surface area contributed by atoms with Gasteiger partial charge in [0, 0.05) is 18.6 Å². The summed E-state index contributed by atoms with van der Waals surface area (Å²) >= 11 is 0. The SMILES string of the molecule is CCC.C[C@@H]1CC(=O)c2cc([N+](=O)[O-])ccc2O1. The maximum absolute atomic E-state index is 11.6.